The van der Waals surface area contributed by atoms with Crippen LogP contribution in [0.1, 0.15) is 18.9 Å². The van der Waals surface area contributed by atoms with Crippen LogP contribution in [0.2, 0.25) is 0 Å². The minimum atomic E-state index is -1.06. The Balaban J connectivity index is 1.62. The van der Waals surface area contributed by atoms with E-state index in [0.29, 0.717) is 18.0 Å². The van der Waals surface area contributed by atoms with Crippen molar-refractivity contribution in [1.82, 2.24) is 0 Å². The summed E-state index contributed by atoms with van der Waals surface area (Å²) >= 11 is 0. The van der Waals surface area contributed by atoms with Crippen LogP contribution in [0.5, 0.6) is 5.75 Å². The third kappa shape index (κ3) is 4.49. The van der Waals surface area contributed by atoms with E-state index in [1.54, 1.807) is 29.2 Å². The van der Waals surface area contributed by atoms with Gasteiger partial charge in [0.2, 0.25) is 11.8 Å². The number of carbonyl (C=O) groups excluding carboxylic acids is 2. The summed E-state index contributed by atoms with van der Waals surface area (Å²) in [4.78, 5) is 37.3. The Kier molecular flexibility index (Phi) is 5.93. The smallest absolute Gasteiger partial charge is 0.341 e. The van der Waals surface area contributed by atoms with Gasteiger partial charge in [-0.05, 0) is 42.3 Å². The molecule has 1 heterocycles. The van der Waals surface area contributed by atoms with Gasteiger partial charge < -0.3 is 20.1 Å². The first-order valence-electron chi connectivity index (χ1n) is 9.11. The van der Waals surface area contributed by atoms with Crippen LogP contribution in [0.4, 0.5) is 11.4 Å². The van der Waals surface area contributed by atoms with E-state index in [9.17, 15) is 14.4 Å². The number of amides is 2. The van der Waals surface area contributed by atoms with Crippen molar-refractivity contribution in [3.63, 3.8) is 0 Å². The van der Waals surface area contributed by atoms with Gasteiger partial charge in [-0.3, -0.25) is 9.59 Å². The van der Waals surface area contributed by atoms with Crippen molar-refractivity contribution in [1.29, 1.82) is 0 Å². The molecule has 2 aromatic rings. The molecule has 1 aliphatic heterocycles. The first-order valence-corrected chi connectivity index (χ1v) is 9.11. The molecule has 7 nitrogen and oxygen atoms in total. The minimum Gasteiger partial charge on any atom is -0.482 e. The van der Waals surface area contributed by atoms with E-state index in [1.807, 2.05) is 31.2 Å². The fourth-order valence-electron chi connectivity index (χ4n) is 3.21. The Hall–Kier alpha value is -3.35. The minimum absolute atomic E-state index is 0.0570. The summed E-state index contributed by atoms with van der Waals surface area (Å²) in [5.41, 5.74) is 2.51. The summed E-state index contributed by atoms with van der Waals surface area (Å²) in [5, 5.41) is 11.4. The summed E-state index contributed by atoms with van der Waals surface area (Å²) in [6.07, 6.45) is 0.983. The number of carbonyl (C=O) groups is 3. The summed E-state index contributed by atoms with van der Waals surface area (Å²) < 4.78 is 5.06. The van der Waals surface area contributed by atoms with E-state index in [-0.39, 0.29) is 18.2 Å². The number of carboxylic acids is 1. The third-order valence-electron chi connectivity index (χ3n) is 4.64. The molecule has 146 valence electrons. The van der Waals surface area contributed by atoms with Crippen LogP contribution in [0, 0.1) is 5.92 Å². The summed E-state index contributed by atoms with van der Waals surface area (Å²) in [6, 6.07) is 14.2. The van der Waals surface area contributed by atoms with Gasteiger partial charge >= 0.3 is 5.97 Å². The number of nitrogens with one attached hydrogen (secondary N) is 1. The van der Waals surface area contributed by atoms with Gasteiger partial charge in [0.1, 0.15) is 5.75 Å². The highest BCUT2D eigenvalue weighted by molar-refractivity contribution is 6.03. The van der Waals surface area contributed by atoms with Crippen molar-refractivity contribution >= 4 is 29.2 Å². The lowest BCUT2D eigenvalue weighted by atomic mass is 10.1. The first kappa shape index (κ1) is 19.4. The topological polar surface area (TPSA) is 95.9 Å². The first-order chi connectivity index (χ1) is 13.5. The molecule has 1 unspecified atom stereocenters. The maximum Gasteiger partial charge on any atom is 0.341 e. The molecule has 1 atom stereocenters. The maximum absolute atomic E-state index is 12.6. The number of para-hydroxylation sites is 1. The zero-order valence-corrected chi connectivity index (χ0v) is 15.6. The number of benzene rings is 2. The van der Waals surface area contributed by atoms with Crippen molar-refractivity contribution in [3.05, 3.63) is 54.1 Å². The molecular formula is C21H22N2O5. The molecule has 0 bridgehead atoms. The predicted molar refractivity (Wildman–Crippen MR) is 104 cm³/mol. The Morgan fingerprint density at radius 3 is 2.57 bits per heavy atom. The molecule has 2 aromatic carbocycles. The molecule has 0 spiro atoms. The monoisotopic (exact) mass is 382 g/mol. The van der Waals surface area contributed by atoms with Crippen LogP contribution in [0.25, 0.3) is 0 Å². The highest BCUT2D eigenvalue weighted by atomic mass is 16.5. The highest BCUT2D eigenvalue weighted by Crippen LogP contribution is 2.29. The van der Waals surface area contributed by atoms with Gasteiger partial charge in [-0.25, -0.2) is 4.79 Å². The predicted octanol–water partition coefficient (Wildman–Crippen LogP) is 2.70. The zero-order chi connectivity index (χ0) is 20.1. The Morgan fingerprint density at radius 1 is 1.18 bits per heavy atom. The molecule has 2 amide bonds. The fraction of sp³-hybridized carbons (Fsp3) is 0.286. The van der Waals surface area contributed by atoms with Gasteiger partial charge in [-0.15, -0.1) is 0 Å². The quantitative estimate of drug-likeness (QED) is 0.768. The van der Waals surface area contributed by atoms with Crippen LogP contribution < -0.4 is 15.0 Å². The Morgan fingerprint density at radius 2 is 1.89 bits per heavy atom. The van der Waals surface area contributed by atoms with Crippen LogP contribution in [-0.2, 0) is 20.8 Å². The lowest BCUT2D eigenvalue weighted by Crippen LogP contribution is -2.28. The maximum atomic E-state index is 12.6. The van der Waals surface area contributed by atoms with Gasteiger partial charge in [0.05, 0.1) is 5.92 Å². The number of nitrogens with zero attached hydrogens (tertiary/aromatic N) is 1. The van der Waals surface area contributed by atoms with Crippen LogP contribution >= 0.6 is 0 Å². The molecule has 7 heteroatoms. The SMILES string of the molecule is CCc1ccccc1N1CC(C(=O)Nc2ccc(OCC(=O)O)cc2)CC1=O. The number of ether oxygens (including phenoxy) is 1. The Bertz CT molecular complexity index is 879. The van der Waals surface area contributed by atoms with Gasteiger partial charge in [0.25, 0.3) is 0 Å². The van der Waals surface area contributed by atoms with Crippen molar-refractivity contribution in [2.45, 2.75) is 19.8 Å². The largest absolute Gasteiger partial charge is 0.482 e. The molecule has 1 fully saturated rings. The van der Waals surface area contributed by atoms with E-state index in [1.165, 1.54) is 0 Å². The summed E-state index contributed by atoms with van der Waals surface area (Å²) in [5.74, 6) is -1.36. The average molecular weight is 382 g/mol. The molecule has 1 aliphatic rings. The molecule has 0 aromatic heterocycles. The second-order valence-corrected chi connectivity index (χ2v) is 6.58. The number of aliphatic carboxylic acids is 1. The van der Waals surface area contributed by atoms with Crippen LogP contribution in [0.3, 0.4) is 0 Å². The average Bonchev–Trinajstić information content (AvgIpc) is 3.09. The molecule has 1 saturated heterocycles. The van der Waals surface area contributed by atoms with Gasteiger partial charge in [-0.1, -0.05) is 25.1 Å². The zero-order valence-electron chi connectivity index (χ0n) is 15.6. The third-order valence-corrected chi connectivity index (χ3v) is 4.64. The Labute approximate surface area is 162 Å². The van der Waals surface area contributed by atoms with Crippen molar-refractivity contribution in [2.24, 2.45) is 5.92 Å². The number of aryl methyl sites for hydroxylation is 1. The van der Waals surface area contributed by atoms with Gasteiger partial charge in [-0.2, -0.15) is 0 Å². The number of anilines is 2. The fourth-order valence-corrected chi connectivity index (χ4v) is 3.21. The van der Waals surface area contributed by atoms with Crippen molar-refractivity contribution in [3.8, 4) is 5.75 Å². The molecule has 3 rings (SSSR count). The highest BCUT2D eigenvalue weighted by Gasteiger charge is 2.35. The van der Waals surface area contributed by atoms with Gasteiger partial charge in [0, 0.05) is 24.3 Å². The van der Waals surface area contributed by atoms with E-state index in [0.717, 1.165) is 17.7 Å². The van der Waals surface area contributed by atoms with Crippen LogP contribution in [-0.4, -0.2) is 36.0 Å². The van der Waals surface area contributed by atoms with Crippen molar-refractivity contribution in [2.75, 3.05) is 23.4 Å². The molecule has 0 radical (unpaired) electrons. The van der Waals surface area contributed by atoms with E-state index in [2.05, 4.69) is 5.32 Å². The second kappa shape index (κ2) is 8.56. The van der Waals surface area contributed by atoms with E-state index in [4.69, 9.17) is 9.84 Å². The molecule has 28 heavy (non-hydrogen) atoms. The molecule has 0 saturated carbocycles. The van der Waals surface area contributed by atoms with Gasteiger partial charge in [0.15, 0.2) is 6.61 Å². The number of hydrogen-bond donors (Lipinski definition) is 2. The second-order valence-electron chi connectivity index (χ2n) is 6.58. The molecular weight excluding hydrogens is 360 g/mol. The van der Waals surface area contributed by atoms with E-state index < -0.39 is 18.5 Å². The lowest BCUT2D eigenvalue weighted by molar-refractivity contribution is -0.139. The van der Waals surface area contributed by atoms with Crippen LogP contribution in [0.15, 0.2) is 48.5 Å². The van der Waals surface area contributed by atoms with E-state index >= 15 is 0 Å². The molecule has 2 N–H and O–H groups in total. The lowest BCUT2D eigenvalue weighted by Gasteiger charge is -2.20. The number of rotatable bonds is 7. The summed E-state index contributed by atoms with van der Waals surface area (Å²) in [7, 11) is 0. The van der Waals surface area contributed by atoms with Crippen molar-refractivity contribution < 1.29 is 24.2 Å². The number of carboxylic acid groups (broad SMARTS) is 1. The number of hydrogen-bond acceptors (Lipinski definition) is 4. The normalized spacial score (nSPS) is 16.1. The summed E-state index contributed by atoms with van der Waals surface area (Å²) in [6.45, 7) is 1.96. The molecule has 0 aliphatic carbocycles. The standard InChI is InChI=1S/C21H22N2O5/c1-2-14-5-3-4-6-18(14)23-12-15(11-19(23)24)21(27)22-16-7-9-17(10-8-16)28-13-20(25)26/h3-10,15H,2,11-13H2,1H3,(H,22,27)(H,25,26).